The summed E-state index contributed by atoms with van der Waals surface area (Å²) in [7, 11) is 2.12. The fourth-order valence-electron chi connectivity index (χ4n) is 1.41. The number of esters is 2. The van der Waals surface area contributed by atoms with Gasteiger partial charge in [0.2, 0.25) is 5.82 Å². The van der Waals surface area contributed by atoms with E-state index in [1.54, 1.807) is 0 Å². The van der Waals surface area contributed by atoms with Crippen LogP contribution >= 0.6 is 15.9 Å². The molecule has 0 amide bonds. The number of hydrogen-bond donors (Lipinski definition) is 1. The number of nitrogens with zero attached hydrogens (tertiary/aromatic N) is 1. The van der Waals surface area contributed by atoms with Crippen molar-refractivity contribution < 1.29 is 28.4 Å². The molecule has 0 aliphatic rings. The molecule has 0 spiro atoms. The van der Waals surface area contributed by atoms with E-state index in [1.165, 1.54) is 6.07 Å². The van der Waals surface area contributed by atoms with Crippen LogP contribution in [0.4, 0.5) is 15.8 Å². The van der Waals surface area contributed by atoms with Crippen molar-refractivity contribution in [3.05, 3.63) is 44.3 Å². The number of carbonyl (C=O) groups is 2. The molecule has 0 saturated heterocycles. The molecule has 118 valence electrons. The number of carbonyl (C=O) groups excluding carboxylic acids is 2. The van der Waals surface area contributed by atoms with E-state index in [0.29, 0.717) is 0 Å². The summed E-state index contributed by atoms with van der Waals surface area (Å²) in [6, 6.07) is 2.09. The lowest BCUT2D eigenvalue weighted by Gasteiger charge is -2.11. The van der Waals surface area contributed by atoms with Crippen molar-refractivity contribution in [1.29, 1.82) is 0 Å². The summed E-state index contributed by atoms with van der Waals surface area (Å²) in [4.78, 5) is 32.9. The number of methoxy groups -OCH3 is 2. The monoisotopic (exact) mass is 376 g/mol. The number of anilines is 1. The minimum Gasteiger partial charge on any atom is -0.466 e. The number of ether oxygens (including phenoxy) is 2. The Kier molecular flexibility index (Phi) is 5.99. The van der Waals surface area contributed by atoms with Gasteiger partial charge in [-0.1, -0.05) is 0 Å². The SMILES string of the molecule is COC(=O)/C=C(/Nc1c(Br)ccc(F)c1[N+](=O)[O-])C(=O)OC. The number of nitro benzene ring substituents is 1. The predicted molar refractivity (Wildman–Crippen MR) is 76.5 cm³/mol. The van der Waals surface area contributed by atoms with Gasteiger partial charge in [0.15, 0.2) is 0 Å². The van der Waals surface area contributed by atoms with Crippen molar-refractivity contribution >= 4 is 39.2 Å². The molecule has 0 saturated carbocycles. The smallest absolute Gasteiger partial charge is 0.354 e. The van der Waals surface area contributed by atoms with Gasteiger partial charge < -0.3 is 14.8 Å². The van der Waals surface area contributed by atoms with E-state index in [9.17, 15) is 24.1 Å². The molecule has 0 aliphatic carbocycles. The van der Waals surface area contributed by atoms with E-state index in [0.717, 1.165) is 26.4 Å². The van der Waals surface area contributed by atoms with Crippen LogP contribution < -0.4 is 5.32 Å². The number of hydrogen-bond acceptors (Lipinski definition) is 7. The Labute approximate surface area is 132 Å². The number of nitro groups is 1. The quantitative estimate of drug-likeness (QED) is 0.363. The zero-order chi connectivity index (χ0) is 16.9. The van der Waals surface area contributed by atoms with Crippen LogP contribution in [-0.2, 0) is 19.1 Å². The standard InChI is InChI=1S/C12H10BrFN2O6/c1-21-9(17)5-8(12(18)22-2)15-10-6(13)3-4-7(14)11(10)16(19)20/h3-5,15H,1-2H3/b8-5+. The van der Waals surface area contributed by atoms with Gasteiger partial charge in [-0.15, -0.1) is 0 Å². The highest BCUT2D eigenvalue weighted by molar-refractivity contribution is 9.10. The van der Waals surface area contributed by atoms with Crippen molar-refractivity contribution in [3.63, 3.8) is 0 Å². The number of nitrogens with one attached hydrogen (secondary N) is 1. The van der Waals surface area contributed by atoms with Gasteiger partial charge in [0.05, 0.1) is 25.2 Å². The third-order valence-corrected chi connectivity index (χ3v) is 3.05. The summed E-state index contributed by atoms with van der Waals surface area (Å²) in [5.74, 6) is -3.00. The summed E-state index contributed by atoms with van der Waals surface area (Å²) < 4.78 is 22.5. The first-order valence-corrected chi connectivity index (χ1v) is 6.38. The van der Waals surface area contributed by atoms with Crippen molar-refractivity contribution in [3.8, 4) is 0 Å². The lowest BCUT2D eigenvalue weighted by Crippen LogP contribution is -2.16. The van der Waals surface area contributed by atoms with E-state index in [-0.39, 0.29) is 10.2 Å². The summed E-state index contributed by atoms with van der Waals surface area (Å²) in [6.07, 6.45) is 0.729. The molecule has 1 N–H and O–H groups in total. The first-order valence-electron chi connectivity index (χ1n) is 5.59. The first kappa shape index (κ1) is 17.6. The number of halogens is 2. The second kappa shape index (κ2) is 7.50. The van der Waals surface area contributed by atoms with Gasteiger partial charge in [0.1, 0.15) is 11.4 Å². The van der Waals surface area contributed by atoms with Crippen molar-refractivity contribution in [2.75, 3.05) is 19.5 Å². The van der Waals surface area contributed by atoms with Gasteiger partial charge in [-0.25, -0.2) is 9.59 Å². The molecule has 0 aromatic heterocycles. The number of benzene rings is 1. The molecule has 0 atom stereocenters. The van der Waals surface area contributed by atoms with Gasteiger partial charge in [-0.05, 0) is 28.1 Å². The largest absolute Gasteiger partial charge is 0.466 e. The van der Waals surface area contributed by atoms with Gasteiger partial charge in [0, 0.05) is 4.47 Å². The third-order valence-electron chi connectivity index (χ3n) is 2.39. The van der Waals surface area contributed by atoms with Crippen LogP contribution in [0.2, 0.25) is 0 Å². The molecule has 0 heterocycles. The van der Waals surface area contributed by atoms with E-state index < -0.39 is 34.1 Å². The topological polar surface area (TPSA) is 108 Å². The highest BCUT2D eigenvalue weighted by Gasteiger charge is 2.25. The van der Waals surface area contributed by atoms with Crippen molar-refractivity contribution in [1.82, 2.24) is 0 Å². The van der Waals surface area contributed by atoms with Crippen LogP contribution in [-0.4, -0.2) is 31.1 Å². The molecule has 10 heteroatoms. The molecule has 0 aliphatic heterocycles. The second-order valence-electron chi connectivity index (χ2n) is 3.71. The van der Waals surface area contributed by atoms with E-state index in [1.807, 2.05) is 0 Å². The Hall–Kier alpha value is -2.49. The minimum absolute atomic E-state index is 0.111. The summed E-state index contributed by atoms with van der Waals surface area (Å²) in [5.41, 5.74) is -1.69. The molecular weight excluding hydrogens is 367 g/mol. The Morgan fingerprint density at radius 2 is 2.00 bits per heavy atom. The van der Waals surface area contributed by atoms with Crippen molar-refractivity contribution in [2.45, 2.75) is 0 Å². The fourth-order valence-corrected chi connectivity index (χ4v) is 1.83. The zero-order valence-electron chi connectivity index (χ0n) is 11.4. The summed E-state index contributed by atoms with van der Waals surface area (Å²) in [6.45, 7) is 0. The Morgan fingerprint density at radius 1 is 1.36 bits per heavy atom. The maximum Gasteiger partial charge on any atom is 0.354 e. The van der Waals surface area contributed by atoms with E-state index >= 15 is 0 Å². The molecule has 1 rings (SSSR count). The Bertz CT molecular complexity index is 661. The van der Waals surface area contributed by atoms with Gasteiger partial charge >= 0.3 is 17.6 Å². The predicted octanol–water partition coefficient (Wildman–Crippen LogP) is 2.14. The summed E-state index contributed by atoms with van der Waals surface area (Å²) in [5, 5.41) is 13.3. The second-order valence-corrected chi connectivity index (χ2v) is 4.56. The Balaban J connectivity index is 3.39. The molecule has 0 bridgehead atoms. The molecule has 8 nitrogen and oxygen atoms in total. The molecule has 22 heavy (non-hydrogen) atoms. The van der Waals surface area contributed by atoms with Crippen LogP contribution in [0.15, 0.2) is 28.4 Å². The molecular formula is C12H10BrFN2O6. The van der Waals surface area contributed by atoms with E-state index in [4.69, 9.17) is 0 Å². The average Bonchev–Trinajstić information content (AvgIpc) is 2.48. The minimum atomic E-state index is -1.11. The first-order chi connectivity index (χ1) is 10.3. The van der Waals surface area contributed by atoms with Crippen LogP contribution in [0.3, 0.4) is 0 Å². The number of rotatable bonds is 5. The molecule has 1 aromatic carbocycles. The van der Waals surface area contributed by atoms with Crippen LogP contribution in [0.1, 0.15) is 0 Å². The highest BCUT2D eigenvalue weighted by Crippen LogP contribution is 2.35. The highest BCUT2D eigenvalue weighted by atomic mass is 79.9. The maximum atomic E-state index is 13.6. The molecule has 0 fully saturated rings. The normalized spacial score (nSPS) is 10.8. The lowest BCUT2D eigenvalue weighted by atomic mass is 10.2. The fraction of sp³-hybridized carbons (Fsp3) is 0.167. The van der Waals surface area contributed by atoms with Crippen LogP contribution in [0.5, 0.6) is 0 Å². The lowest BCUT2D eigenvalue weighted by molar-refractivity contribution is -0.386. The molecule has 0 radical (unpaired) electrons. The average molecular weight is 377 g/mol. The van der Waals surface area contributed by atoms with Crippen LogP contribution in [0, 0.1) is 15.9 Å². The van der Waals surface area contributed by atoms with Gasteiger partial charge in [-0.3, -0.25) is 10.1 Å². The summed E-state index contributed by atoms with van der Waals surface area (Å²) >= 11 is 3.00. The third kappa shape index (κ3) is 4.01. The Morgan fingerprint density at radius 3 is 2.50 bits per heavy atom. The van der Waals surface area contributed by atoms with Gasteiger partial charge in [-0.2, -0.15) is 4.39 Å². The molecule has 1 aromatic rings. The van der Waals surface area contributed by atoms with Gasteiger partial charge in [0.25, 0.3) is 0 Å². The van der Waals surface area contributed by atoms with Crippen molar-refractivity contribution in [2.24, 2.45) is 0 Å². The molecule has 0 unspecified atom stereocenters. The maximum absolute atomic E-state index is 13.6. The van der Waals surface area contributed by atoms with Crippen LogP contribution in [0.25, 0.3) is 0 Å². The van der Waals surface area contributed by atoms with E-state index in [2.05, 4.69) is 30.7 Å². The zero-order valence-corrected chi connectivity index (χ0v) is 13.0.